The predicted octanol–water partition coefficient (Wildman–Crippen LogP) is 2.63. The molecule has 1 N–H and O–H groups in total. The van der Waals surface area contributed by atoms with E-state index in [-0.39, 0.29) is 12.3 Å². The summed E-state index contributed by atoms with van der Waals surface area (Å²) in [6.07, 6.45) is 2.94. The Labute approximate surface area is 140 Å². The minimum Gasteiger partial charge on any atom is -0.395 e. The van der Waals surface area contributed by atoms with Crippen molar-refractivity contribution in [1.29, 1.82) is 0 Å². The molecule has 1 aliphatic carbocycles. The number of aryl methyl sites for hydroxylation is 2. The van der Waals surface area contributed by atoms with Crippen molar-refractivity contribution in [2.75, 3.05) is 6.61 Å². The lowest BCUT2D eigenvalue weighted by Crippen LogP contribution is -2.28. The summed E-state index contributed by atoms with van der Waals surface area (Å²) in [5.41, 5.74) is 5.86. The van der Waals surface area contributed by atoms with Crippen molar-refractivity contribution in [3.05, 3.63) is 56.6 Å². The Morgan fingerprint density at radius 1 is 1.30 bits per heavy atom. The van der Waals surface area contributed by atoms with Gasteiger partial charge in [-0.05, 0) is 44.2 Å². The molecular formula is C18H22N2O2S. The maximum Gasteiger partial charge on any atom is 0.348 e. The van der Waals surface area contributed by atoms with E-state index in [1.54, 1.807) is 16.3 Å². The Morgan fingerprint density at radius 3 is 2.91 bits per heavy atom. The molecule has 2 aromatic rings. The topological polar surface area (TPSA) is 55.1 Å². The fraction of sp³-hybridized carbons (Fsp3) is 0.444. The number of thioether (sulfide) groups is 1. The molecule has 0 spiro atoms. The second-order valence-corrected chi connectivity index (χ2v) is 7.04. The van der Waals surface area contributed by atoms with Crippen LogP contribution in [0.5, 0.6) is 0 Å². The van der Waals surface area contributed by atoms with Crippen molar-refractivity contribution < 1.29 is 5.11 Å². The van der Waals surface area contributed by atoms with Crippen LogP contribution >= 0.6 is 11.8 Å². The molecule has 4 nitrogen and oxygen atoms in total. The van der Waals surface area contributed by atoms with Crippen molar-refractivity contribution in [3.63, 3.8) is 0 Å². The zero-order valence-corrected chi connectivity index (χ0v) is 14.4. The van der Waals surface area contributed by atoms with Crippen LogP contribution in [0.2, 0.25) is 0 Å². The van der Waals surface area contributed by atoms with Gasteiger partial charge < -0.3 is 5.11 Å². The number of rotatable bonds is 5. The van der Waals surface area contributed by atoms with Gasteiger partial charge in [0.05, 0.1) is 13.2 Å². The molecule has 0 amide bonds. The van der Waals surface area contributed by atoms with Gasteiger partial charge in [0.15, 0.2) is 0 Å². The normalized spacial score (nSPS) is 13.3. The average molecular weight is 330 g/mol. The van der Waals surface area contributed by atoms with Crippen LogP contribution in [-0.2, 0) is 25.1 Å². The van der Waals surface area contributed by atoms with Gasteiger partial charge in [0.25, 0.3) is 0 Å². The number of benzene rings is 1. The van der Waals surface area contributed by atoms with Crippen LogP contribution in [0, 0.1) is 13.8 Å². The van der Waals surface area contributed by atoms with E-state index in [2.05, 4.69) is 37.0 Å². The van der Waals surface area contributed by atoms with Crippen LogP contribution in [0.3, 0.4) is 0 Å². The van der Waals surface area contributed by atoms with Crippen LogP contribution in [0.15, 0.2) is 28.0 Å². The van der Waals surface area contributed by atoms with Crippen molar-refractivity contribution in [2.45, 2.75) is 50.4 Å². The van der Waals surface area contributed by atoms with Crippen molar-refractivity contribution in [2.24, 2.45) is 0 Å². The summed E-state index contributed by atoms with van der Waals surface area (Å²) < 4.78 is 1.64. The summed E-state index contributed by atoms with van der Waals surface area (Å²) in [5, 5.41) is 10.0. The van der Waals surface area contributed by atoms with Gasteiger partial charge in [-0.3, -0.25) is 4.57 Å². The standard InChI is InChI=1S/C18H22N2O2S/c1-12-6-7-13(2)14(10-12)11-23-17-15-4-3-5-16(15)20(8-9-21)18(22)19-17/h6-7,10,21H,3-5,8-9,11H2,1-2H3. The van der Waals surface area contributed by atoms with E-state index in [0.717, 1.165) is 35.7 Å². The highest BCUT2D eigenvalue weighted by Gasteiger charge is 2.21. The van der Waals surface area contributed by atoms with Crippen LogP contribution in [0.1, 0.15) is 34.4 Å². The highest BCUT2D eigenvalue weighted by atomic mass is 32.2. The lowest BCUT2D eigenvalue weighted by molar-refractivity contribution is 0.271. The third-order valence-electron chi connectivity index (χ3n) is 4.39. The molecule has 0 saturated carbocycles. The Hall–Kier alpha value is -1.59. The van der Waals surface area contributed by atoms with E-state index in [9.17, 15) is 4.79 Å². The SMILES string of the molecule is Cc1ccc(C)c(CSc2nc(=O)n(CCO)c3c2CCC3)c1. The zero-order chi connectivity index (χ0) is 16.4. The molecule has 1 aromatic carbocycles. The number of hydrogen-bond donors (Lipinski definition) is 1. The predicted molar refractivity (Wildman–Crippen MR) is 93.1 cm³/mol. The van der Waals surface area contributed by atoms with E-state index in [4.69, 9.17) is 5.11 Å². The number of nitrogens with zero attached hydrogens (tertiary/aromatic N) is 2. The molecule has 1 aliphatic rings. The first-order chi connectivity index (χ1) is 11.1. The Bertz CT molecular complexity index is 783. The lowest BCUT2D eigenvalue weighted by atomic mass is 10.1. The summed E-state index contributed by atoms with van der Waals surface area (Å²) in [6.45, 7) is 4.53. The second kappa shape index (κ2) is 6.89. The number of fused-ring (bicyclic) bond motifs is 1. The number of aliphatic hydroxyl groups excluding tert-OH is 1. The molecule has 3 rings (SSSR count). The highest BCUT2D eigenvalue weighted by Crippen LogP contribution is 2.31. The Balaban J connectivity index is 1.89. The molecular weight excluding hydrogens is 308 g/mol. The highest BCUT2D eigenvalue weighted by molar-refractivity contribution is 7.98. The van der Waals surface area contributed by atoms with Gasteiger partial charge in [0.1, 0.15) is 5.03 Å². The summed E-state index contributed by atoms with van der Waals surface area (Å²) in [6, 6.07) is 6.47. The smallest absolute Gasteiger partial charge is 0.348 e. The Morgan fingerprint density at radius 2 is 2.13 bits per heavy atom. The van der Waals surface area contributed by atoms with Gasteiger partial charge in [0.2, 0.25) is 0 Å². The van der Waals surface area contributed by atoms with E-state index in [1.165, 1.54) is 22.3 Å². The maximum absolute atomic E-state index is 12.2. The molecule has 0 aliphatic heterocycles. The van der Waals surface area contributed by atoms with Crippen molar-refractivity contribution >= 4 is 11.8 Å². The first-order valence-corrected chi connectivity index (χ1v) is 9.01. The number of hydrogen-bond acceptors (Lipinski definition) is 4. The van der Waals surface area contributed by atoms with E-state index in [1.807, 2.05) is 0 Å². The molecule has 0 bridgehead atoms. The van der Waals surface area contributed by atoms with Gasteiger partial charge in [-0.25, -0.2) is 4.79 Å². The number of aromatic nitrogens is 2. The third kappa shape index (κ3) is 3.35. The van der Waals surface area contributed by atoms with Gasteiger partial charge in [0, 0.05) is 17.0 Å². The molecule has 1 aromatic heterocycles. The summed E-state index contributed by atoms with van der Waals surface area (Å²) in [7, 11) is 0. The third-order valence-corrected chi connectivity index (χ3v) is 5.46. The summed E-state index contributed by atoms with van der Waals surface area (Å²) in [5.74, 6) is 0.830. The fourth-order valence-corrected chi connectivity index (χ4v) is 4.28. The summed E-state index contributed by atoms with van der Waals surface area (Å²) in [4.78, 5) is 16.5. The number of aliphatic hydroxyl groups is 1. The quantitative estimate of drug-likeness (QED) is 0.676. The van der Waals surface area contributed by atoms with Gasteiger partial charge in [-0.2, -0.15) is 4.98 Å². The average Bonchev–Trinajstić information content (AvgIpc) is 3.01. The fourth-order valence-electron chi connectivity index (χ4n) is 3.14. The summed E-state index contributed by atoms with van der Waals surface area (Å²) >= 11 is 1.66. The minimum atomic E-state index is -0.233. The molecule has 0 atom stereocenters. The van der Waals surface area contributed by atoms with E-state index >= 15 is 0 Å². The van der Waals surface area contributed by atoms with Crippen LogP contribution < -0.4 is 5.69 Å². The van der Waals surface area contributed by atoms with Gasteiger partial charge >= 0.3 is 5.69 Å². The largest absolute Gasteiger partial charge is 0.395 e. The van der Waals surface area contributed by atoms with Crippen LogP contribution in [0.25, 0.3) is 0 Å². The lowest BCUT2D eigenvalue weighted by Gasteiger charge is -2.13. The van der Waals surface area contributed by atoms with Gasteiger partial charge in [-0.15, -0.1) is 11.8 Å². The van der Waals surface area contributed by atoms with Crippen molar-refractivity contribution in [3.8, 4) is 0 Å². The molecule has 0 saturated heterocycles. The van der Waals surface area contributed by atoms with Crippen LogP contribution in [0.4, 0.5) is 0 Å². The molecule has 0 fully saturated rings. The maximum atomic E-state index is 12.2. The molecule has 1 heterocycles. The first kappa shape index (κ1) is 16.3. The molecule has 5 heteroatoms. The minimum absolute atomic E-state index is 0.0248. The second-order valence-electron chi connectivity index (χ2n) is 6.07. The molecule has 122 valence electrons. The zero-order valence-electron chi connectivity index (χ0n) is 13.6. The molecule has 23 heavy (non-hydrogen) atoms. The Kier molecular flexibility index (Phi) is 4.87. The monoisotopic (exact) mass is 330 g/mol. The van der Waals surface area contributed by atoms with Crippen LogP contribution in [-0.4, -0.2) is 21.3 Å². The van der Waals surface area contributed by atoms with E-state index < -0.39 is 0 Å². The van der Waals surface area contributed by atoms with Crippen molar-refractivity contribution in [1.82, 2.24) is 9.55 Å². The molecule has 0 unspecified atom stereocenters. The van der Waals surface area contributed by atoms with Gasteiger partial charge in [-0.1, -0.05) is 23.8 Å². The molecule has 0 radical (unpaired) electrons. The van der Waals surface area contributed by atoms with E-state index in [0.29, 0.717) is 6.54 Å². The first-order valence-electron chi connectivity index (χ1n) is 8.02.